The Bertz CT molecular complexity index is 608. The Balaban J connectivity index is 1.72. The number of para-hydroxylation sites is 1. The van der Waals surface area contributed by atoms with Crippen molar-refractivity contribution in [3.05, 3.63) is 42.1 Å². The van der Waals surface area contributed by atoms with Crippen LogP contribution in [0.3, 0.4) is 0 Å². The van der Waals surface area contributed by atoms with Gasteiger partial charge < -0.3 is 10.4 Å². The maximum atomic E-state index is 11.1. The molecular formula is C15H16N2O2. The van der Waals surface area contributed by atoms with Crippen molar-refractivity contribution < 1.29 is 9.90 Å². The van der Waals surface area contributed by atoms with Gasteiger partial charge in [0.05, 0.1) is 5.52 Å². The summed E-state index contributed by atoms with van der Waals surface area (Å²) >= 11 is 0. The lowest BCUT2D eigenvalue weighted by atomic mass is 10.1. The number of nitrogens with zero attached hydrogens (tertiary/aromatic N) is 1. The summed E-state index contributed by atoms with van der Waals surface area (Å²) in [4.78, 5) is 15.5. The van der Waals surface area contributed by atoms with Crippen LogP contribution in [0.5, 0.6) is 0 Å². The van der Waals surface area contributed by atoms with Crippen LogP contribution in [-0.4, -0.2) is 22.1 Å². The second-order valence-corrected chi connectivity index (χ2v) is 5.07. The van der Waals surface area contributed by atoms with Gasteiger partial charge in [-0.25, -0.2) is 0 Å². The molecule has 1 heterocycles. The second kappa shape index (κ2) is 4.97. The van der Waals surface area contributed by atoms with E-state index in [9.17, 15) is 4.79 Å². The molecule has 0 bridgehead atoms. The number of hydrogen-bond acceptors (Lipinski definition) is 3. The van der Waals surface area contributed by atoms with E-state index in [1.54, 1.807) is 6.20 Å². The van der Waals surface area contributed by atoms with Crippen LogP contribution < -0.4 is 5.32 Å². The maximum Gasteiger partial charge on any atom is 0.320 e. The van der Waals surface area contributed by atoms with Gasteiger partial charge in [0.25, 0.3) is 0 Å². The number of carbonyl (C=O) groups is 1. The van der Waals surface area contributed by atoms with E-state index in [0.717, 1.165) is 29.3 Å². The highest BCUT2D eigenvalue weighted by Gasteiger charge is 2.35. The summed E-state index contributed by atoms with van der Waals surface area (Å²) in [5, 5.41) is 13.4. The molecule has 3 rings (SSSR count). The number of pyridine rings is 1. The van der Waals surface area contributed by atoms with Crippen LogP contribution in [0.2, 0.25) is 0 Å². The standard InChI is InChI=1S/C15H16N2O2/c18-15(19)14(11-5-6-11)17-9-10-7-12-3-1-2-4-13(12)16-8-10/h1-4,7-8,11,14,17H,5-6,9H2,(H,18,19). The van der Waals surface area contributed by atoms with Gasteiger partial charge in [0.1, 0.15) is 6.04 Å². The van der Waals surface area contributed by atoms with Gasteiger partial charge in [0, 0.05) is 18.1 Å². The normalized spacial score (nSPS) is 16.4. The van der Waals surface area contributed by atoms with E-state index in [-0.39, 0.29) is 0 Å². The molecule has 1 aliphatic rings. The molecule has 1 fully saturated rings. The Morgan fingerprint density at radius 3 is 2.95 bits per heavy atom. The number of aliphatic carboxylic acids is 1. The molecule has 2 N–H and O–H groups in total. The van der Waals surface area contributed by atoms with Crippen molar-refractivity contribution in [3.8, 4) is 0 Å². The highest BCUT2D eigenvalue weighted by Crippen LogP contribution is 2.32. The molecule has 0 amide bonds. The van der Waals surface area contributed by atoms with Crippen LogP contribution in [0.15, 0.2) is 36.5 Å². The SMILES string of the molecule is O=C(O)C(NCc1cnc2ccccc2c1)C1CC1. The molecule has 1 aliphatic carbocycles. The third-order valence-electron chi connectivity index (χ3n) is 3.53. The summed E-state index contributed by atoms with van der Waals surface area (Å²) in [5.74, 6) is -0.456. The van der Waals surface area contributed by atoms with Gasteiger partial charge >= 0.3 is 5.97 Å². The summed E-state index contributed by atoms with van der Waals surface area (Å²) in [5.41, 5.74) is 1.98. The minimum absolute atomic E-state index is 0.297. The summed E-state index contributed by atoms with van der Waals surface area (Å²) in [6.07, 6.45) is 3.83. The van der Waals surface area contributed by atoms with Crippen molar-refractivity contribution in [1.29, 1.82) is 0 Å². The van der Waals surface area contributed by atoms with E-state index in [1.165, 1.54) is 0 Å². The van der Waals surface area contributed by atoms with Gasteiger partial charge in [-0.15, -0.1) is 0 Å². The maximum absolute atomic E-state index is 11.1. The van der Waals surface area contributed by atoms with Crippen molar-refractivity contribution in [2.24, 2.45) is 5.92 Å². The minimum Gasteiger partial charge on any atom is -0.480 e. The molecule has 19 heavy (non-hydrogen) atoms. The Kier molecular flexibility index (Phi) is 3.17. The molecule has 1 saturated carbocycles. The predicted molar refractivity (Wildman–Crippen MR) is 72.7 cm³/mol. The Morgan fingerprint density at radius 2 is 2.21 bits per heavy atom. The quantitative estimate of drug-likeness (QED) is 0.860. The number of rotatable bonds is 5. The molecule has 4 nitrogen and oxygen atoms in total. The average molecular weight is 256 g/mol. The van der Waals surface area contributed by atoms with Crippen molar-refractivity contribution in [1.82, 2.24) is 10.3 Å². The zero-order chi connectivity index (χ0) is 13.2. The second-order valence-electron chi connectivity index (χ2n) is 5.07. The van der Waals surface area contributed by atoms with Crippen LogP contribution in [-0.2, 0) is 11.3 Å². The predicted octanol–water partition coefficient (Wildman–Crippen LogP) is 2.19. The molecule has 0 spiro atoms. The van der Waals surface area contributed by atoms with Crippen LogP contribution >= 0.6 is 0 Å². The topological polar surface area (TPSA) is 62.2 Å². The fourth-order valence-corrected chi connectivity index (χ4v) is 2.33. The third-order valence-corrected chi connectivity index (χ3v) is 3.53. The molecule has 4 heteroatoms. The molecule has 2 aromatic rings. The number of carboxylic acid groups (broad SMARTS) is 1. The molecular weight excluding hydrogens is 240 g/mol. The minimum atomic E-state index is -0.753. The molecule has 1 unspecified atom stereocenters. The first-order chi connectivity index (χ1) is 9.24. The molecule has 98 valence electrons. The first-order valence-corrected chi connectivity index (χ1v) is 6.54. The molecule has 0 radical (unpaired) electrons. The molecule has 0 aliphatic heterocycles. The van der Waals surface area contributed by atoms with E-state index in [0.29, 0.717) is 12.5 Å². The lowest BCUT2D eigenvalue weighted by Crippen LogP contribution is -2.38. The fraction of sp³-hybridized carbons (Fsp3) is 0.333. The molecule has 0 saturated heterocycles. The number of hydrogen-bond donors (Lipinski definition) is 2. The van der Waals surface area contributed by atoms with E-state index < -0.39 is 12.0 Å². The number of carboxylic acids is 1. The smallest absolute Gasteiger partial charge is 0.320 e. The van der Waals surface area contributed by atoms with Gasteiger partial charge in [-0.1, -0.05) is 18.2 Å². The van der Waals surface area contributed by atoms with Crippen LogP contribution in [0.1, 0.15) is 18.4 Å². The van der Waals surface area contributed by atoms with Gasteiger partial charge in [-0.2, -0.15) is 0 Å². The molecule has 1 aromatic heterocycles. The van der Waals surface area contributed by atoms with Gasteiger partial charge in [0.2, 0.25) is 0 Å². The van der Waals surface area contributed by atoms with Crippen molar-refractivity contribution in [3.63, 3.8) is 0 Å². The van der Waals surface area contributed by atoms with Crippen LogP contribution in [0.25, 0.3) is 10.9 Å². The number of nitrogens with one attached hydrogen (secondary N) is 1. The van der Waals surface area contributed by atoms with Gasteiger partial charge in [-0.3, -0.25) is 9.78 Å². The third kappa shape index (κ3) is 2.74. The zero-order valence-electron chi connectivity index (χ0n) is 10.5. The largest absolute Gasteiger partial charge is 0.480 e. The Hall–Kier alpha value is -1.94. The van der Waals surface area contributed by atoms with Crippen molar-refractivity contribution in [2.75, 3.05) is 0 Å². The van der Waals surface area contributed by atoms with Crippen LogP contribution in [0, 0.1) is 5.92 Å². The van der Waals surface area contributed by atoms with Crippen LogP contribution in [0.4, 0.5) is 0 Å². The summed E-state index contributed by atoms with van der Waals surface area (Å²) in [6, 6.07) is 9.55. The summed E-state index contributed by atoms with van der Waals surface area (Å²) < 4.78 is 0. The fourth-order valence-electron chi connectivity index (χ4n) is 2.33. The average Bonchev–Trinajstić information content (AvgIpc) is 3.23. The summed E-state index contributed by atoms with van der Waals surface area (Å²) in [7, 11) is 0. The van der Waals surface area contributed by atoms with E-state index >= 15 is 0 Å². The zero-order valence-corrected chi connectivity index (χ0v) is 10.5. The number of fused-ring (bicyclic) bond motifs is 1. The molecule has 1 aromatic carbocycles. The molecule has 1 atom stereocenters. The van der Waals surface area contributed by atoms with E-state index in [2.05, 4.69) is 16.4 Å². The highest BCUT2D eigenvalue weighted by atomic mass is 16.4. The monoisotopic (exact) mass is 256 g/mol. The Labute approximate surface area is 111 Å². The Morgan fingerprint density at radius 1 is 1.42 bits per heavy atom. The first-order valence-electron chi connectivity index (χ1n) is 6.54. The van der Waals surface area contributed by atoms with Gasteiger partial charge in [-0.05, 0) is 36.5 Å². The lowest BCUT2D eigenvalue weighted by molar-refractivity contribution is -0.140. The number of aromatic nitrogens is 1. The van der Waals surface area contributed by atoms with E-state index in [4.69, 9.17) is 5.11 Å². The lowest BCUT2D eigenvalue weighted by Gasteiger charge is -2.13. The first kappa shape index (κ1) is 12.1. The van der Waals surface area contributed by atoms with Gasteiger partial charge in [0.15, 0.2) is 0 Å². The summed E-state index contributed by atoms with van der Waals surface area (Å²) in [6.45, 7) is 0.547. The highest BCUT2D eigenvalue weighted by molar-refractivity contribution is 5.78. The van der Waals surface area contributed by atoms with Crippen molar-refractivity contribution in [2.45, 2.75) is 25.4 Å². The van der Waals surface area contributed by atoms with Crippen molar-refractivity contribution >= 4 is 16.9 Å². The van der Waals surface area contributed by atoms with E-state index in [1.807, 2.05) is 24.3 Å². The number of benzene rings is 1.